The average molecular weight is 608 g/mol. The van der Waals surface area contributed by atoms with E-state index in [1.807, 2.05) is 13.8 Å². The molecule has 0 saturated carbocycles. The van der Waals surface area contributed by atoms with Crippen molar-refractivity contribution >= 4 is 31.0 Å². The second kappa shape index (κ2) is 12.9. The molecule has 1 N–H and O–H groups in total. The Bertz CT molecular complexity index is 1500. The zero-order chi connectivity index (χ0) is 31.6. The van der Waals surface area contributed by atoms with Crippen LogP contribution in [0.3, 0.4) is 0 Å². The van der Waals surface area contributed by atoms with Crippen molar-refractivity contribution in [1.82, 2.24) is 9.55 Å². The molecule has 0 radical (unpaired) electrons. The van der Waals surface area contributed by atoms with Crippen molar-refractivity contribution in [2.75, 3.05) is 25.6 Å². The monoisotopic (exact) mass is 607 g/mol. The maximum atomic E-state index is 14.3. The minimum absolute atomic E-state index is 0.00841. The maximum absolute atomic E-state index is 14.3. The number of methoxy groups -OCH3 is 1. The number of hydrogen-bond donors (Lipinski definition) is 1. The molecule has 3 aromatic rings. The van der Waals surface area contributed by atoms with Crippen LogP contribution in [-0.2, 0) is 15.7 Å². The molecule has 42 heavy (non-hydrogen) atoms. The zero-order valence-corrected chi connectivity index (χ0v) is 26.7. The lowest BCUT2D eigenvalue weighted by Crippen LogP contribution is -2.42. The van der Waals surface area contributed by atoms with E-state index in [2.05, 4.69) is 44.2 Å². The van der Waals surface area contributed by atoms with Crippen LogP contribution < -0.4 is 15.5 Å². The Labute approximate surface area is 245 Å². The van der Waals surface area contributed by atoms with Crippen molar-refractivity contribution in [3.63, 3.8) is 0 Å². The van der Waals surface area contributed by atoms with Gasteiger partial charge >= 0.3 is 5.97 Å². The fourth-order valence-electron chi connectivity index (χ4n) is 4.21. The summed E-state index contributed by atoms with van der Waals surface area (Å²) in [5.74, 6) is -3.96. The Balaban J connectivity index is 2.20. The number of benzene rings is 1. The minimum Gasteiger partial charge on any atom is -0.481 e. The highest BCUT2D eigenvalue weighted by Crippen LogP contribution is 2.38. The highest BCUT2D eigenvalue weighted by atomic mass is 28.4. The number of ether oxygens (including phenoxy) is 2. The first-order valence-electron chi connectivity index (χ1n) is 13.8. The summed E-state index contributed by atoms with van der Waals surface area (Å²) in [5, 5.41) is 2.65. The standard InChI is InChI=1S/C30H40F3N3O5Si/c1-10-40-29(38)21-15-36(24(17(2)3)16-41-42(8,9)30(4,5)6)27-20(26(21)37)11-18(28(35-27)39-7)14-34-25-22(32)12-19(31)13-23(25)33/h11-13,15,17,24,34H,10,14,16H2,1-9H3/t24-/m1/s1. The molecule has 0 aliphatic carbocycles. The van der Waals surface area contributed by atoms with Gasteiger partial charge in [-0.3, -0.25) is 4.79 Å². The molecule has 0 amide bonds. The Morgan fingerprint density at radius 3 is 2.26 bits per heavy atom. The first-order valence-corrected chi connectivity index (χ1v) is 16.7. The van der Waals surface area contributed by atoms with Gasteiger partial charge in [-0.15, -0.1) is 0 Å². The number of carbonyl (C=O) groups is 1. The number of nitrogens with one attached hydrogen (secondary N) is 1. The number of anilines is 1. The highest BCUT2D eigenvalue weighted by molar-refractivity contribution is 6.74. The largest absolute Gasteiger partial charge is 0.481 e. The average Bonchev–Trinajstić information content (AvgIpc) is 2.88. The Kier molecular flexibility index (Phi) is 10.1. The smallest absolute Gasteiger partial charge is 0.343 e. The van der Waals surface area contributed by atoms with E-state index in [0.29, 0.717) is 18.7 Å². The molecule has 3 rings (SSSR count). The van der Waals surface area contributed by atoms with Gasteiger partial charge in [-0.2, -0.15) is 4.98 Å². The second-order valence-corrected chi connectivity index (χ2v) is 16.8. The highest BCUT2D eigenvalue weighted by Gasteiger charge is 2.38. The summed E-state index contributed by atoms with van der Waals surface area (Å²) in [6, 6.07) is 2.27. The molecule has 12 heteroatoms. The van der Waals surface area contributed by atoms with Crippen molar-refractivity contribution in [3.8, 4) is 5.88 Å². The van der Waals surface area contributed by atoms with Crippen molar-refractivity contribution in [2.45, 2.75) is 72.3 Å². The van der Waals surface area contributed by atoms with Gasteiger partial charge in [-0.25, -0.2) is 18.0 Å². The number of halogens is 3. The summed E-state index contributed by atoms with van der Waals surface area (Å²) >= 11 is 0. The normalized spacial score (nSPS) is 13.0. The van der Waals surface area contributed by atoms with E-state index in [0.717, 1.165) is 0 Å². The Morgan fingerprint density at radius 1 is 1.12 bits per heavy atom. The number of esters is 1. The molecule has 2 aromatic heterocycles. The van der Waals surface area contributed by atoms with Gasteiger partial charge in [-0.05, 0) is 37.0 Å². The fraction of sp³-hybridized carbons (Fsp3) is 0.500. The number of hydrogen-bond acceptors (Lipinski definition) is 7. The second-order valence-electron chi connectivity index (χ2n) is 12.0. The Morgan fingerprint density at radius 2 is 1.74 bits per heavy atom. The van der Waals surface area contributed by atoms with Crippen LogP contribution in [0.5, 0.6) is 5.88 Å². The van der Waals surface area contributed by atoms with Crippen molar-refractivity contribution in [3.05, 3.63) is 63.2 Å². The topological polar surface area (TPSA) is 91.7 Å². The molecule has 0 bridgehead atoms. The first-order chi connectivity index (χ1) is 19.5. The molecule has 0 unspecified atom stereocenters. The van der Waals surface area contributed by atoms with Crippen molar-refractivity contribution in [1.29, 1.82) is 0 Å². The number of pyridine rings is 2. The van der Waals surface area contributed by atoms with E-state index in [9.17, 15) is 22.8 Å². The van der Waals surface area contributed by atoms with E-state index in [4.69, 9.17) is 13.9 Å². The van der Waals surface area contributed by atoms with Crippen LogP contribution in [0.25, 0.3) is 11.0 Å². The molecule has 1 aromatic carbocycles. The van der Waals surface area contributed by atoms with Gasteiger partial charge in [0.1, 0.15) is 22.7 Å². The molecule has 2 heterocycles. The third kappa shape index (κ3) is 6.97. The van der Waals surface area contributed by atoms with E-state index in [1.54, 1.807) is 11.5 Å². The fourth-order valence-corrected chi connectivity index (χ4v) is 5.23. The van der Waals surface area contributed by atoms with Crippen LogP contribution in [0.1, 0.15) is 63.5 Å². The lowest BCUT2D eigenvalue weighted by Gasteiger charge is -2.38. The van der Waals surface area contributed by atoms with Gasteiger partial charge in [0.05, 0.1) is 31.8 Å². The van der Waals surface area contributed by atoms with Crippen LogP contribution in [0.2, 0.25) is 18.1 Å². The first kappa shape index (κ1) is 33.1. The quantitative estimate of drug-likeness (QED) is 0.189. The maximum Gasteiger partial charge on any atom is 0.343 e. The lowest BCUT2D eigenvalue weighted by molar-refractivity contribution is 0.0523. The van der Waals surface area contributed by atoms with Gasteiger partial charge < -0.3 is 23.8 Å². The zero-order valence-electron chi connectivity index (χ0n) is 25.7. The molecule has 0 saturated heterocycles. The van der Waals surface area contributed by atoms with Gasteiger partial charge in [0.15, 0.2) is 20.0 Å². The minimum atomic E-state index is -2.16. The molecule has 1 atom stereocenters. The third-order valence-corrected chi connectivity index (χ3v) is 12.2. The molecule has 0 fully saturated rings. The molecule has 0 aliphatic heterocycles. The van der Waals surface area contributed by atoms with Crippen LogP contribution in [-0.4, -0.2) is 44.2 Å². The predicted octanol–water partition coefficient (Wildman–Crippen LogP) is 6.83. The number of fused-ring (bicyclic) bond motifs is 1. The van der Waals surface area contributed by atoms with Gasteiger partial charge in [-0.1, -0.05) is 34.6 Å². The summed E-state index contributed by atoms with van der Waals surface area (Å²) in [4.78, 5) is 31.1. The molecule has 0 spiro atoms. The van der Waals surface area contributed by atoms with Crippen LogP contribution in [0.4, 0.5) is 18.9 Å². The molecular weight excluding hydrogens is 567 g/mol. The predicted molar refractivity (Wildman–Crippen MR) is 159 cm³/mol. The van der Waals surface area contributed by atoms with E-state index < -0.39 is 42.9 Å². The lowest BCUT2D eigenvalue weighted by atomic mass is 10.0. The van der Waals surface area contributed by atoms with E-state index in [1.165, 1.54) is 19.4 Å². The number of aromatic nitrogens is 2. The number of carbonyl (C=O) groups excluding carboxylic acids is 1. The molecule has 230 valence electrons. The molecule has 8 nitrogen and oxygen atoms in total. The van der Waals surface area contributed by atoms with E-state index >= 15 is 0 Å². The van der Waals surface area contributed by atoms with Crippen LogP contribution in [0.15, 0.2) is 29.2 Å². The van der Waals surface area contributed by atoms with E-state index in [-0.39, 0.29) is 58.2 Å². The Hall–Kier alpha value is -3.38. The summed E-state index contributed by atoms with van der Waals surface area (Å²) in [6.07, 6.45) is 1.45. The number of rotatable bonds is 11. The third-order valence-electron chi connectivity index (χ3n) is 7.74. The summed E-state index contributed by atoms with van der Waals surface area (Å²) in [6.45, 7) is 16.5. The summed E-state index contributed by atoms with van der Waals surface area (Å²) in [7, 11) is -0.779. The molecule has 0 aliphatic rings. The van der Waals surface area contributed by atoms with Crippen LogP contribution in [0, 0.1) is 23.4 Å². The van der Waals surface area contributed by atoms with Gasteiger partial charge in [0.25, 0.3) is 0 Å². The SMILES string of the molecule is CCOC(=O)c1cn([C@H](CO[Si](C)(C)C(C)(C)C)C(C)C)c2nc(OC)c(CNc3c(F)cc(F)cc3F)cc2c1=O. The summed E-state index contributed by atoms with van der Waals surface area (Å²) < 4.78 is 60.9. The van der Waals surface area contributed by atoms with Crippen molar-refractivity contribution in [2.24, 2.45) is 5.92 Å². The van der Waals surface area contributed by atoms with Gasteiger partial charge in [0, 0.05) is 30.4 Å². The summed E-state index contributed by atoms with van der Waals surface area (Å²) in [5.41, 5.74) is -0.785. The van der Waals surface area contributed by atoms with Crippen molar-refractivity contribution < 1.29 is 31.9 Å². The van der Waals surface area contributed by atoms with Gasteiger partial charge in [0.2, 0.25) is 11.3 Å². The molecular formula is C30H40F3N3O5Si. The number of nitrogens with zero attached hydrogens (tertiary/aromatic N) is 2. The van der Waals surface area contributed by atoms with Crippen LogP contribution >= 0.6 is 0 Å².